The standard InChI is InChI=1S/C2H4I2N2O/c1-5-2(7)6(3)4/h1H3,(H,5,7). The van der Waals surface area contributed by atoms with E-state index in [2.05, 4.69) is 5.32 Å². The molecule has 1 N–H and O–H groups in total. The van der Waals surface area contributed by atoms with Crippen molar-refractivity contribution < 1.29 is 4.79 Å². The van der Waals surface area contributed by atoms with Gasteiger partial charge in [-0.25, -0.2) is 6.12 Å². The SMILES string of the molecule is CNC(=O)N(I)I. The highest BCUT2D eigenvalue weighted by Crippen LogP contribution is 2.05. The molecule has 0 atom stereocenters. The van der Waals surface area contributed by atoms with Crippen LogP contribution < -0.4 is 5.32 Å². The lowest BCUT2D eigenvalue weighted by molar-refractivity contribution is 0.243. The summed E-state index contributed by atoms with van der Waals surface area (Å²) in [5, 5.41) is 2.44. The molecule has 42 valence electrons. The van der Waals surface area contributed by atoms with Crippen molar-refractivity contribution in [3.8, 4) is 0 Å². The average Bonchev–Trinajstić information content (AvgIpc) is 1.65. The molecule has 0 aliphatic heterocycles. The van der Waals surface area contributed by atoms with Crippen LogP contribution in [-0.2, 0) is 0 Å². The first-order chi connectivity index (χ1) is 3.18. The van der Waals surface area contributed by atoms with Crippen LogP contribution in [-0.4, -0.2) is 14.4 Å². The van der Waals surface area contributed by atoms with Crippen LogP contribution in [0.4, 0.5) is 4.79 Å². The van der Waals surface area contributed by atoms with Crippen LogP contribution >= 0.6 is 45.7 Å². The van der Waals surface area contributed by atoms with E-state index in [0.29, 0.717) is 0 Å². The topological polar surface area (TPSA) is 32.3 Å². The molecule has 0 spiro atoms. The Labute approximate surface area is 69.8 Å². The number of carbonyl (C=O) groups excluding carboxylic acids is 1. The maximum Gasteiger partial charge on any atom is 0.335 e. The third kappa shape index (κ3) is 3.32. The quantitative estimate of drug-likeness (QED) is 0.529. The minimum atomic E-state index is -0.0961. The number of hydrogen-bond acceptors (Lipinski definition) is 1. The van der Waals surface area contributed by atoms with E-state index in [0.717, 1.165) is 0 Å². The van der Waals surface area contributed by atoms with Crippen molar-refractivity contribution in [2.24, 2.45) is 0 Å². The van der Waals surface area contributed by atoms with E-state index in [9.17, 15) is 4.79 Å². The first-order valence-electron chi connectivity index (χ1n) is 1.52. The number of carbonyl (C=O) groups is 1. The molecule has 0 saturated carbocycles. The zero-order chi connectivity index (χ0) is 5.86. The zero-order valence-electron chi connectivity index (χ0n) is 3.61. The van der Waals surface area contributed by atoms with Gasteiger partial charge in [-0.1, -0.05) is 0 Å². The molecule has 0 saturated heterocycles. The van der Waals surface area contributed by atoms with Crippen LogP contribution in [0.25, 0.3) is 0 Å². The molecule has 0 rings (SSSR count). The molecular formula is C2H4I2N2O. The minimum absolute atomic E-state index is 0.0961. The second-order valence-corrected chi connectivity index (χ2v) is 4.56. The molecule has 0 bridgehead atoms. The van der Waals surface area contributed by atoms with Crippen LogP contribution in [0, 0.1) is 0 Å². The van der Waals surface area contributed by atoms with Gasteiger partial charge in [-0.05, 0) is 0 Å². The maximum atomic E-state index is 10.3. The minimum Gasteiger partial charge on any atom is -0.340 e. The summed E-state index contributed by atoms with van der Waals surface area (Å²) in [7, 11) is 1.59. The Balaban J connectivity index is 3.35. The van der Waals surface area contributed by atoms with Gasteiger partial charge in [0, 0.05) is 7.05 Å². The molecule has 7 heavy (non-hydrogen) atoms. The number of amides is 2. The molecule has 0 aromatic heterocycles. The third-order valence-corrected chi connectivity index (χ3v) is 1.24. The van der Waals surface area contributed by atoms with Gasteiger partial charge in [-0.15, -0.1) is 0 Å². The monoisotopic (exact) mass is 326 g/mol. The summed E-state index contributed by atoms with van der Waals surface area (Å²) in [5.74, 6) is 0. The Kier molecular flexibility index (Phi) is 4.08. The highest BCUT2D eigenvalue weighted by atomic mass is 127. The second-order valence-electron chi connectivity index (χ2n) is 0.788. The largest absolute Gasteiger partial charge is 0.340 e. The number of nitrogens with one attached hydrogen (secondary N) is 1. The van der Waals surface area contributed by atoms with E-state index in [1.54, 1.807) is 7.05 Å². The third-order valence-electron chi connectivity index (χ3n) is 0.367. The van der Waals surface area contributed by atoms with Crippen molar-refractivity contribution in [2.45, 2.75) is 0 Å². The van der Waals surface area contributed by atoms with E-state index in [4.69, 9.17) is 0 Å². The number of rotatable bonds is 0. The van der Waals surface area contributed by atoms with Crippen LogP contribution in [0.5, 0.6) is 0 Å². The lowest BCUT2D eigenvalue weighted by Crippen LogP contribution is -2.23. The molecule has 3 nitrogen and oxygen atoms in total. The molecular weight excluding hydrogens is 322 g/mol. The predicted molar refractivity (Wildman–Crippen MR) is 44.3 cm³/mol. The lowest BCUT2D eigenvalue weighted by Gasteiger charge is -2.00. The molecule has 2 amide bonds. The Bertz CT molecular complexity index is 74.1. The second kappa shape index (κ2) is 3.70. The first kappa shape index (κ1) is 7.73. The summed E-state index contributed by atoms with van der Waals surface area (Å²) >= 11 is 3.75. The smallest absolute Gasteiger partial charge is 0.335 e. The van der Waals surface area contributed by atoms with Gasteiger partial charge in [0.1, 0.15) is 0 Å². The van der Waals surface area contributed by atoms with Gasteiger partial charge in [0.05, 0.1) is 45.7 Å². The molecule has 0 unspecified atom stereocenters. The summed E-state index contributed by atoms with van der Waals surface area (Å²) in [4.78, 5) is 10.3. The van der Waals surface area contributed by atoms with Gasteiger partial charge in [0.15, 0.2) is 0 Å². The van der Waals surface area contributed by atoms with Crippen LogP contribution in [0.2, 0.25) is 0 Å². The number of nitrogens with zero attached hydrogens (tertiary/aromatic N) is 1. The number of halogens is 2. The maximum absolute atomic E-state index is 10.3. The fraction of sp³-hybridized carbons (Fsp3) is 0.500. The summed E-state index contributed by atoms with van der Waals surface area (Å²) in [6.07, 6.45) is 0. The Morgan fingerprint density at radius 2 is 2.14 bits per heavy atom. The van der Waals surface area contributed by atoms with Crippen LogP contribution in [0.3, 0.4) is 0 Å². The molecule has 0 fully saturated rings. The van der Waals surface area contributed by atoms with E-state index in [1.165, 1.54) is 1.33 Å². The van der Waals surface area contributed by atoms with Crippen molar-refractivity contribution in [1.82, 2.24) is 6.64 Å². The van der Waals surface area contributed by atoms with Gasteiger partial charge in [-0.2, -0.15) is 0 Å². The normalized spacial score (nSPS) is 7.86. The van der Waals surface area contributed by atoms with Gasteiger partial charge in [0.2, 0.25) is 0 Å². The van der Waals surface area contributed by atoms with Crippen molar-refractivity contribution in [2.75, 3.05) is 7.05 Å². The molecule has 0 aliphatic rings. The summed E-state index contributed by atoms with van der Waals surface area (Å²) in [6, 6.07) is -0.0961. The number of urea groups is 1. The Hall–Kier alpha value is 0.730. The van der Waals surface area contributed by atoms with E-state index < -0.39 is 0 Å². The Morgan fingerprint density at radius 1 is 1.71 bits per heavy atom. The summed E-state index contributed by atoms with van der Waals surface area (Å²) in [6.45, 7) is 0. The molecule has 0 aromatic rings. The van der Waals surface area contributed by atoms with Crippen LogP contribution in [0.15, 0.2) is 0 Å². The fourth-order valence-electron chi connectivity index (χ4n) is 0.0845. The highest BCUT2D eigenvalue weighted by molar-refractivity contribution is 14.2. The zero-order valence-corrected chi connectivity index (χ0v) is 7.93. The predicted octanol–water partition coefficient (Wildman–Crippen LogP) is 1.33. The van der Waals surface area contributed by atoms with Gasteiger partial charge < -0.3 is 5.32 Å². The summed E-state index contributed by atoms with van der Waals surface area (Å²) in [5.41, 5.74) is 0. The van der Waals surface area contributed by atoms with E-state index >= 15 is 0 Å². The first-order valence-corrected chi connectivity index (χ1v) is 3.45. The van der Waals surface area contributed by atoms with Crippen molar-refractivity contribution >= 4 is 51.8 Å². The van der Waals surface area contributed by atoms with E-state index in [1.807, 2.05) is 45.7 Å². The lowest BCUT2D eigenvalue weighted by atomic mass is 11.0. The summed E-state index contributed by atoms with van der Waals surface area (Å²) < 4.78 is 1.41. The van der Waals surface area contributed by atoms with Crippen molar-refractivity contribution in [3.05, 3.63) is 0 Å². The molecule has 5 heteroatoms. The highest BCUT2D eigenvalue weighted by Gasteiger charge is 1.99. The van der Waals surface area contributed by atoms with Crippen LogP contribution in [0.1, 0.15) is 0 Å². The molecule has 0 aliphatic carbocycles. The van der Waals surface area contributed by atoms with Gasteiger partial charge in [-0.3, -0.25) is 0 Å². The molecule has 0 aromatic carbocycles. The van der Waals surface area contributed by atoms with Gasteiger partial charge >= 0.3 is 6.03 Å². The van der Waals surface area contributed by atoms with E-state index in [-0.39, 0.29) is 6.03 Å². The average molecular weight is 326 g/mol. The fourth-order valence-corrected chi connectivity index (χ4v) is 0.567. The molecule has 0 heterocycles. The molecule has 0 radical (unpaired) electrons. The van der Waals surface area contributed by atoms with Crippen molar-refractivity contribution in [3.63, 3.8) is 0 Å². The van der Waals surface area contributed by atoms with Gasteiger partial charge in [0.25, 0.3) is 0 Å². The Morgan fingerprint density at radius 3 is 2.14 bits per heavy atom. The van der Waals surface area contributed by atoms with Crippen molar-refractivity contribution in [1.29, 1.82) is 0 Å². The number of hydrogen-bond donors (Lipinski definition) is 1.